The van der Waals surface area contributed by atoms with E-state index in [0.717, 1.165) is 6.42 Å². The molecule has 194 valence electrons. The van der Waals surface area contributed by atoms with Gasteiger partial charge in [-0.3, -0.25) is 20.1 Å². The summed E-state index contributed by atoms with van der Waals surface area (Å²) in [5, 5.41) is 3.13. The van der Waals surface area contributed by atoms with Crippen LogP contribution in [0.1, 0.15) is 116 Å². The van der Waals surface area contributed by atoms with E-state index in [4.69, 9.17) is 10.5 Å². The summed E-state index contributed by atoms with van der Waals surface area (Å²) in [6, 6.07) is 0. The zero-order valence-electron chi connectivity index (χ0n) is 23.7. The first-order chi connectivity index (χ1) is 14.4. The number of carbonyl (C=O) groups is 3. The minimum absolute atomic E-state index is 0.00188. The zero-order chi connectivity index (χ0) is 26.7. The molecule has 0 aliphatic rings. The van der Waals surface area contributed by atoms with Crippen LogP contribution in [0, 0.1) is 21.7 Å². The van der Waals surface area contributed by atoms with Crippen molar-refractivity contribution < 1.29 is 19.1 Å². The van der Waals surface area contributed by atoms with Gasteiger partial charge in [0.1, 0.15) is 5.78 Å². The number of Topliss-reactive ketones (excluding diaryl/α,β-unsaturated/α-hetero) is 2. The average molecular weight is 469 g/mol. The molecule has 0 heterocycles. The zero-order valence-corrected chi connectivity index (χ0v) is 23.7. The van der Waals surface area contributed by atoms with Crippen molar-refractivity contribution in [1.82, 2.24) is 5.32 Å². The fourth-order valence-corrected chi connectivity index (χ4v) is 4.96. The van der Waals surface area contributed by atoms with Gasteiger partial charge in [-0.05, 0) is 45.4 Å². The van der Waals surface area contributed by atoms with E-state index in [1.807, 2.05) is 62.3 Å². The van der Waals surface area contributed by atoms with Gasteiger partial charge in [0, 0.05) is 28.2 Å². The molecule has 0 aromatic carbocycles. The van der Waals surface area contributed by atoms with Crippen LogP contribution >= 0.6 is 0 Å². The second-order valence-corrected chi connectivity index (χ2v) is 13.7. The highest BCUT2D eigenvalue weighted by atomic mass is 16.5. The van der Waals surface area contributed by atoms with Crippen molar-refractivity contribution in [2.45, 2.75) is 127 Å². The summed E-state index contributed by atoms with van der Waals surface area (Å²) in [5.41, 5.74) is 2.40. The lowest BCUT2D eigenvalue weighted by Gasteiger charge is -2.38. The van der Waals surface area contributed by atoms with Gasteiger partial charge in [-0.25, -0.2) is 0 Å². The van der Waals surface area contributed by atoms with Crippen LogP contribution in [-0.4, -0.2) is 35.3 Å². The Morgan fingerprint density at radius 3 is 1.67 bits per heavy atom. The molecule has 0 saturated carbocycles. The Labute approximate surface area is 203 Å². The second-order valence-electron chi connectivity index (χ2n) is 13.7. The molecular weight excluding hydrogens is 416 g/mol. The van der Waals surface area contributed by atoms with Crippen molar-refractivity contribution in [3.8, 4) is 0 Å². The van der Waals surface area contributed by atoms with Gasteiger partial charge in [-0.1, -0.05) is 69.2 Å². The number of nitrogens with one attached hydrogen (secondary N) is 1. The number of hydrogen-bond acceptors (Lipinski definition) is 5. The molecule has 0 saturated heterocycles. The van der Waals surface area contributed by atoms with Crippen LogP contribution < -0.4 is 11.1 Å². The maximum Gasteiger partial charge on any atom is 0.226 e. The molecule has 0 aromatic heterocycles. The normalized spacial score (nSPS) is 15.7. The molecule has 0 radical (unpaired) electrons. The summed E-state index contributed by atoms with van der Waals surface area (Å²) in [6.07, 6.45) is 2.09. The number of ether oxygens (including phenoxy) is 1. The van der Waals surface area contributed by atoms with E-state index >= 15 is 0 Å². The molecule has 0 spiro atoms. The van der Waals surface area contributed by atoms with Crippen molar-refractivity contribution in [3.63, 3.8) is 0 Å². The molecule has 33 heavy (non-hydrogen) atoms. The summed E-state index contributed by atoms with van der Waals surface area (Å²) in [4.78, 5) is 38.4. The summed E-state index contributed by atoms with van der Waals surface area (Å²) < 4.78 is 5.85. The van der Waals surface area contributed by atoms with E-state index in [2.05, 4.69) is 26.1 Å². The summed E-state index contributed by atoms with van der Waals surface area (Å²) in [6.45, 7) is 25.2. The fourth-order valence-electron chi connectivity index (χ4n) is 4.96. The molecule has 0 aliphatic heterocycles. The lowest BCUT2D eigenvalue weighted by atomic mass is 9.69. The molecule has 0 bridgehead atoms. The predicted octanol–water partition coefficient (Wildman–Crippen LogP) is 5.42. The van der Waals surface area contributed by atoms with E-state index in [1.54, 1.807) is 6.92 Å². The van der Waals surface area contributed by atoms with Crippen molar-refractivity contribution in [1.29, 1.82) is 0 Å². The van der Waals surface area contributed by atoms with Crippen molar-refractivity contribution >= 4 is 17.5 Å². The third-order valence-electron chi connectivity index (χ3n) is 6.19. The number of amides is 1. The Kier molecular flexibility index (Phi) is 10.1. The first-order valence-electron chi connectivity index (χ1n) is 12.2. The summed E-state index contributed by atoms with van der Waals surface area (Å²) in [5.74, 6) is -0.118. The van der Waals surface area contributed by atoms with E-state index in [1.165, 1.54) is 0 Å². The van der Waals surface area contributed by atoms with Gasteiger partial charge in [0.05, 0.1) is 6.61 Å². The molecule has 0 aliphatic carbocycles. The molecule has 6 heteroatoms. The SMILES string of the molecule is CCC(=O)C(C)(C)CC(C)(C)C(=O)C(C)(N)OCCC(C)(C)NC(=O)C(C)(C)CC(C)(C)C. The average Bonchev–Trinajstić information content (AvgIpc) is 2.56. The molecule has 0 aromatic rings. The maximum absolute atomic E-state index is 13.2. The molecule has 3 N–H and O–H groups in total. The Bertz CT molecular complexity index is 710. The Morgan fingerprint density at radius 2 is 1.24 bits per heavy atom. The van der Waals surface area contributed by atoms with Crippen LogP contribution in [0.25, 0.3) is 0 Å². The Balaban J connectivity index is 5.10. The van der Waals surface area contributed by atoms with Crippen LogP contribution in [0.2, 0.25) is 0 Å². The topological polar surface area (TPSA) is 98.5 Å². The van der Waals surface area contributed by atoms with Crippen molar-refractivity contribution in [2.24, 2.45) is 27.4 Å². The molecule has 1 atom stereocenters. The van der Waals surface area contributed by atoms with E-state index < -0.39 is 27.5 Å². The van der Waals surface area contributed by atoms with Gasteiger partial charge in [0.2, 0.25) is 5.91 Å². The maximum atomic E-state index is 13.2. The number of ketones is 2. The van der Waals surface area contributed by atoms with Gasteiger partial charge < -0.3 is 10.1 Å². The highest BCUT2D eigenvalue weighted by Gasteiger charge is 2.45. The molecular formula is C27H52N2O4. The van der Waals surface area contributed by atoms with Crippen LogP contribution in [0.3, 0.4) is 0 Å². The van der Waals surface area contributed by atoms with Crippen LogP contribution in [0.15, 0.2) is 0 Å². The minimum Gasteiger partial charge on any atom is -0.354 e. The highest BCUT2D eigenvalue weighted by Crippen LogP contribution is 2.38. The van der Waals surface area contributed by atoms with Crippen LogP contribution in [-0.2, 0) is 19.1 Å². The first-order valence-corrected chi connectivity index (χ1v) is 12.2. The summed E-state index contributed by atoms with van der Waals surface area (Å²) >= 11 is 0. The predicted molar refractivity (Wildman–Crippen MR) is 136 cm³/mol. The number of nitrogens with two attached hydrogens (primary N) is 1. The largest absolute Gasteiger partial charge is 0.354 e. The van der Waals surface area contributed by atoms with Gasteiger partial charge in [-0.2, -0.15) is 0 Å². The number of rotatable bonds is 13. The third-order valence-corrected chi connectivity index (χ3v) is 6.19. The van der Waals surface area contributed by atoms with E-state index in [9.17, 15) is 14.4 Å². The van der Waals surface area contributed by atoms with Crippen LogP contribution in [0.4, 0.5) is 0 Å². The number of carbonyl (C=O) groups excluding carboxylic acids is 3. The Hall–Kier alpha value is -1.27. The Morgan fingerprint density at radius 1 is 0.758 bits per heavy atom. The fraction of sp³-hybridized carbons (Fsp3) is 0.889. The van der Waals surface area contributed by atoms with Crippen LogP contribution in [0.5, 0.6) is 0 Å². The molecule has 1 unspecified atom stereocenters. The van der Waals surface area contributed by atoms with Crippen molar-refractivity contribution in [3.05, 3.63) is 0 Å². The van der Waals surface area contributed by atoms with E-state index in [0.29, 0.717) is 19.3 Å². The molecule has 0 rings (SSSR count). The monoisotopic (exact) mass is 468 g/mol. The molecule has 0 fully saturated rings. The smallest absolute Gasteiger partial charge is 0.226 e. The minimum atomic E-state index is -1.49. The lowest BCUT2D eigenvalue weighted by Crippen LogP contribution is -2.55. The molecule has 1 amide bonds. The summed E-state index contributed by atoms with van der Waals surface area (Å²) in [7, 11) is 0. The quantitative estimate of drug-likeness (QED) is 0.352. The number of hydrogen-bond donors (Lipinski definition) is 2. The highest BCUT2D eigenvalue weighted by molar-refractivity contribution is 5.92. The van der Waals surface area contributed by atoms with Gasteiger partial charge in [0.25, 0.3) is 0 Å². The molecule has 6 nitrogen and oxygen atoms in total. The van der Waals surface area contributed by atoms with Gasteiger partial charge in [0.15, 0.2) is 11.5 Å². The van der Waals surface area contributed by atoms with E-state index in [-0.39, 0.29) is 29.5 Å². The standard InChI is InChI=1S/C27H52N2O4/c1-14-19(30)23(5,6)18-24(7,8)20(31)27(13,28)33-16-15-26(11,12)29-21(32)25(9,10)17-22(2,3)4/h14-18,28H2,1-13H3,(H,29,32). The third kappa shape index (κ3) is 10.3. The lowest BCUT2D eigenvalue weighted by molar-refractivity contribution is -0.154. The first kappa shape index (κ1) is 31.7. The second kappa shape index (κ2) is 10.6. The van der Waals surface area contributed by atoms with Gasteiger partial charge >= 0.3 is 0 Å². The van der Waals surface area contributed by atoms with Gasteiger partial charge in [-0.15, -0.1) is 0 Å². The van der Waals surface area contributed by atoms with Crippen molar-refractivity contribution in [2.75, 3.05) is 6.61 Å².